The van der Waals surface area contributed by atoms with Crippen molar-refractivity contribution in [3.05, 3.63) is 23.0 Å². The van der Waals surface area contributed by atoms with Gasteiger partial charge in [-0.2, -0.15) is 0 Å². The maximum absolute atomic E-state index is 5.48. The fourth-order valence-corrected chi connectivity index (χ4v) is 1.42. The van der Waals surface area contributed by atoms with E-state index in [0.29, 0.717) is 5.01 Å². The molecule has 0 bridgehead atoms. The Morgan fingerprint density at radius 3 is 2.30 bits per heavy atom. The van der Waals surface area contributed by atoms with Crippen molar-refractivity contribution in [2.45, 2.75) is 26.2 Å². The molecule has 1 aromatic rings. The smallest absolute Gasteiger partial charge is 0.0974 e. The summed E-state index contributed by atoms with van der Waals surface area (Å²) in [5, 5.41) is 2.67. The highest BCUT2D eigenvalue weighted by Gasteiger charge is 2.15. The van der Waals surface area contributed by atoms with E-state index in [-0.39, 0.29) is 5.41 Å². The summed E-state index contributed by atoms with van der Waals surface area (Å²) in [6, 6.07) is 0. The Balaban J connectivity index is 2.96. The van der Waals surface area contributed by atoms with Crippen molar-refractivity contribution in [2.24, 2.45) is 0 Å². The summed E-state index contributed by atoms with van der Waals surface area (Å²) < 4.78 is 0. The van der Waals surface area contributed by atoms with Crippen LogP contribution >= 0.6 is 11.3 Å². The highest BCUT2D eigenvalue weighted by molar-refractivity contribution is 7.09. The molecule has 0 amide bonds. The Morgan fingerprint density at radius 1 is 1.50 bits per heavy atom. The molecule has 10 heavy (non-hydrogen) atoms. The van der Waals surface area contributed by atoms with Gasteiger partial charge in [-0.25, -0.2) is 4.98 Å². The molecule has 54 valence electrons. The fraction of sp³-hybridized carbons (Fsp3) is 0.500. The van der Waals surface area contributed by atoms with E-state index >= 15 is 0 Å². The van der Waals surface area contributed by atoms with E-state index in [0.717, 1.165) is 5.69 Å². The quantitative estimate of drug-likeness (QED) is 0.558. The molecule has 0 N–H and O–H groups in total. The summed E-state index contributed by atoms with van der Waals surface area (Å²) >= 11 is 1.50. The van der Waals surface area contributed by atoms with E-state index in [1.807, 2.05) is 5.38 Å². The predicted molar refractivity (Wildman–Crippen MR) is 44.2 cm³/mol. The molecule has 0 aromatic carbocycles. The van der Waals surface area contributed by atoms with Gasteiger partial charge in [0.1, 0.15) is 0 Å². The lowest BCUT2D eigenvalue weighted by molar-refractivity contribution is 0.572. The minimum absolute atomic E-state index is 0.133. The van der Waals surface area contributed by atoms with Crippen molar-refractivity contribution < 1.29 is 0 Å². The van der Waals surface area contributed by atoms with E-state index in [4.69, 9.17) is 6.92 Å². The Morgan fingerprint density at radius 2 is 2.10 bits per heavy atom. The van der Waals surface area contributed by atoms with Crippen LogP contribution in [0.2, 0.25) is 0 Å². The van der Waals surface area contributed by atoms with Crippen molar-refractivity contribution >= 4 is 11.3 Å². The molecule has 0 fully saturated rings. The molecule has 0 spiro atoms. The lowest BCUT2D eigenvalue weighted by atomic mass is 9.93. The molecule has 2 heteroatoms. The first-order chi connectivity index (χ1) is 4.50. The Hall–Kier alpha value is -0.370. The second-order valence-electron chi connectivity index (χ2n) is 3.32. The zero-order chi connectivity index (χ0) is 7.78. The first kappa shape index (κ1) is 7.73. The van der Waals surface area contributed by atoms with E-state index in [9.17, 15) is 0 Å². The van der Waals surface area contributed by atoms with Gasteiger partial charge in [-0.15, -0.1) is 11.3 Å². The second-order valence-corrected chi connectivity index (χ2v) is 4.21. The van der Waals surface area contributed by atoms with Crippen molar-refractivity contribution in [1.82, 2.24) is 4.98 Å². The zero-order valence-corrected chi connectivity index (χ0v) is 7.33. The van der Waals surface area contributed by atoms with Crippen molar-refractivity contribution in [3.63, 3.8) is 0 Å². The summed E-state index contributed by atoms with van der Waals surface area (Å²) in [4.78, 5) is 4.18. The molecular weight excluding hydrogens is 142 g/mol. The molecule has 0 saturated carbocycles. The summed E-state index contributed by atoms with van der Waals surface area (Å²) in [5.41, 5.74) is 1.21. The van der Waals surface area contributed by atoms with Crippen molar-refractivity contribution in [2.75, 3.05) is 0 Å². The number of thiazole rings is 1. The number of hydrogen-bond acceptors (Lipinski definition) is 2. The first-order valence-electron chi connectivity index (χ1n) is 3.21. The molecule has 0 aliphatic heterocycles. The maximum Gasteiger partial charge on any atom is 0.0974 e. The lowest BCUT2D eigenvalue weighted by Crippen LogP contribution is -2.11. The number of rotatable bonds is 0. The van der Waals surface area contributed by atoms with Crippen LogP contribution in [-0.4, -0.2) is 4.98 Å². The van der Waals surface area contributed by atoms with Crippen molar-refractivity contribution in [3.8, 4) is 0 Å². The molecule has 0 saturated heterocycles. The average Bonchev–Trinajstić information content (AvgIpc) is 2.11. The maximum atomic E-state index is 5.48. The summed E-state index contributed by atoms with van der Waals surface area (Å²) in [6.07, 6.45) is 0. The molecular formula is C8H11NS. The van der Waals surface area contributed by atoms with Crippen LogP contribution in [0.3, 0.4) is 0 Å². The standard InChI is InChI=1S/C8H11NS/c1-6-9-7(5-10-6)8(2,3)4/h1,5H,2-4H3. The topological polar surface area (TPSA) is 12.9 Å². The van der Waals surface area contributed by atoms with Crippen LogP contribution < -0.4 is 0 Å². The van der Waals surface area contributed by atoms with E-state index in [1.54, 1.807) is 0 Å². The van der Waals surface area contributed by atoms with E-state index < -0.39 is 0 Å². The third-order valence-corrected chi connectivity index (χ3v) is 1.96. The molecule has 1 rings (SSSR count). The van der Waals surface area contributed by atoms with Gasteiger partial charge in [0.15, 0.2) is 0 Å². The van der Waals surface area contributed by atoms with Crippen LogP contribution in [0.25, 0.3) is 0 Å². The molecule has 2 radical (unpaired) electrons. The zero-order valence-electron chi connectivity index (χ0n) is 6.51. The normalized spacial score (nSPS) is 12.0. The highest BCUT2D eigenvalue weighted by Crippen LogP contribution is 2.22. The van der Waals surface area contributed by atoms with Gasteiger partial charge < -0.3 is 0 Å². The van der Waals surface area contributed by atoms with Gasteiger partial charge in [0.25, 0.3) is 0 Å². The van der Waals surface area contributed by atoms with Gasteiger partial charge >= 0.3 is 0 Å². The van der Waals surface area contributed by atoms with Gasteiger partial charge in [-0.05, 0) is 0 Å². The van der Waals surface area contributed by atoms with E-state index in [1.165, 1.54) is 11.3 Å². The van der Waals surface area contributed by atoms with Crippen LogP contribution in [-0.2, 0) is 5.41 Å². The van der Waals surface area contributed by atoms with Crippen LogP contribution in [0.4, 0.5) is 0 Å². The molecule has 0 aliphatic rings. The van der Waals surface area contributed by atoms with Gasteiger partial charge in [-0.3, -0.25) is 0 Å². The minimum Gasteiger partial charge on any atom is -0.245 e. The van der Waals surface area contributed by atoms with Crippen molar-refractivity contribution in [1.29, 1.82) is 0 Å². The number of hydrogen-bond donors (Lipinski definition) is 0. The number of aromatic nitrogens is 1. The summed E-state index contributed by atoms with van der Waals surface area (Å²) in [7, 11) is 0. The molecule has 0 unspecified atom stereocenters. The van der Waals surface area contributed by atoms with Gasteiger partial charge in [0, 0.05) is 17.7 Å². The fourth-order valence-electron chi connectivity index (χ4n) is 0.632. The predicted octanol–water partition coefficient (Wildman–Crippen LogP) is 2.50. The second kappa shape index (κ2) is 2.35. The minimum atomic E-state index is 0.133. The van der Waals surface area contributed by atoms with Gasteiger partial charge in [0.2, 0.25) is 0 Å². The van der Waals surface area contributed by atoms with E-state index in [2.05, 4.69) is 25.8 Å². The third kappa shape index (κ3) is 1.57. The lowest BCUT2D eigenvalue weighted by Gasteiger charge is -2.13. The average molecular weight is 153 g/mol. The molecule has 1 aromatic heterocycles. The van der Waals surface area contributed by atoms with Crippen LogP contribution in [0.1, 0.15) is 31.5 Å². The molecule has 0 aliphatic carbocycles. The highest BCUT2D eigenvalue weighted by atomic mass is 32.1. The Labute approximate surface area is 66.1 Å². The SMILES string of the molecule is [CH]c1nc(C(C)(C)C)cs1. The monoisotopic (exact) mass is 153 g/mol. The van der Waals surface area contributed by atoms with Crippen LogP contribution in [0.5, 0.6) is 0 Å². The Kier molecular flexibility index (Phi) is 1.82. The van der Waals surface area contributed by atoms with Gasteiger partial charge in [0.05, 0.1) is 10.7 Å². The van der Waals surface area contributed by atoms with Gasteiger partial charge in [-0.1, -0.05) is 20.8 Å². The summed E-state index contributed by atoms with van der Waals surface area (Å²) in [6.45, 7) is 11.9. The van der Waals surface area contributed by atoms with Crippen LogP contribution in [0, 0.1) is 6.92 Å². The largest absolute Gasteiger partial charge is 0.245 e. The first-order valence-corrected chi connectivity index (χ1v) is 4.09. The Bertz CT molecular complexity index is 219. The molecule has 0 atom stereocenters. The molecule has 1 nitrogen and oxygen atoms in total. The number of nitrogens with zero attached hydrogens (tertiary/aromatic N) is 1. The third-order valence-electron chi connectivity index (χ3n) is 1.29. The molecule has 1 heterocycles. The summed E-state index contributed by atoms with van der Waals surface area (Å²) in [5.74, 6) is 0. The van der Waals surface area contributed by atoms with Crippen LogP contribution in [0.15, 0.2) is 5.38 Å².